The molecule has 0 spiro atoms. The molecule has 1 unspecified atom stereocenters. The van der Waals surface area contributed by atoms with E-state index in [4.69, 9.17) is 5.11 Å². The quantitative estimate of drug-likeness (QED) is 0.711. The van der Waals surface area contributed by atoms with Crippen molar-refractivity contribution in [3.63, 3.8) is 0 Å². The third kappa shape index (κ3) is 4.52. The van der Waals surface area contributed by atoms with Gasteiger partial charge in [0.15, 0.2) is 5.82 Å². The van der Waals surface area contributed by atoms with E-state index in [0.29, 0.717) is 12.2 Å². The number of nitrogens with one attached hydrogen (secondary N) is 2. The Morgan fingerprint density at radius 2 is 2.00 bits per heavy atom. The van der Waals surface area contributed by atoms with E-state index >= 15 is 0 Å². The summed E-state index contributed by atoms with van der Waals surface area (Å²) in [4.78, 5) is 22.9. The topological polar surface area (TPSA) is 109 Å². The Kier molecular flexibility index (Phi) is 5.48. The molecule has 2 amide bonds. The van der Waals surface area contributed by atoms with E-state index in [1.807, 2.05) is 13.8 Å². The maximum Gasteiger partial charge on any atom is 0.326 e. The molecule has 0 aliphatic heterocycles. The first-order valence-electron chi connectivity index (χ1n) is 6.45. The van der Waals surface area contributed by atoms with Crippen LogP contribution in [0.3, 0.4) is 0 Å². The van der Waals surface area contributed by atoms with Crippen molar-refractivity contribution < 1.29 is 14.7 Å². The van der Waals surface area contributed by atoms with Crippen molar-refractivity contribution in [3.8, 4) is 0 Å². The lowest BCUT2D eigenvalue weighted by Gasteiger charge is -2.19. The standard InChI is InChI=1S/C12H21N5O3/c1-7(2)5-9(11(18)19)15-12(20)14-8(3)10-16-13-6-17(10)4/h6-9H,5H2,1-4H3,(H,18,19)(H2,14,15,20)/t8?,9-/m0/s1. The molecule has 0 radical (unpaired) electrons. The number of amides is 2. The van der Waals surface area contributed by atoms with E-state index in [-0.39, 0.29) is 12.0 Å². The normalized spacial score (nSPS) is 13.8. The number of carbonyl (C=O) groups is 2. The largest absolute Gasteiger partial charge is 0.480 e. The van der Waals surface area contributed by atoms with Gasteiger partial charge in [-0.15, -0.1) is 10.2 Å². The first kappa shape index (κ1) is 15.9. The summed E-state index contributed by atoms with van der Waals surface area (Å²) in [5, 5.41) is 21.8. The molecule has 8 nitrogen and oxygen atoms in total. The Morgan fingerprint density at radius 1 is 1.35 bits per heavy atom. The summed E-state index contributed by atoms with van der Waals surface area (Å²) < 4.78 is 1.69. The van der Waals surface area contributed by atoms with Gasteiger partial charge in [0, 0.05) is 7.05 Å². The minimum absolute atomic E-state index is 0.174. The maximum absolute atomic E-state index is 11.8. The molecule has 0 saturated carbocycles. The van der Waals surface area contributed by atoms with Crippen LogP contribution in [0.1, 0.15) is 39.1 Å². The van der Waals surface area contributed by atoms with Crippen LogP contribution in [0.2, 0.25) is 0 Å². The number of carboxylic acids is 1. The predicted octanol–water partition coefficient (Wildman–Crippen LogP) is 0.675. The van der Waals surface area contributed by atoms with Crippen molar-refractivity contribution >= 4 is 12.0 Å². The van der Waals surface area contributed by atoms with Crippen LogP contribution in [-0.4, -0.2) is 37.9 Å². The molecule has 112 valence electrons. The van der Waals surface area contributed by atoms with Gasteiger partial charge in [0.1, 0.15) is 12.4 Å². The van der Waals surface area contributed by atoms with E-state index in [9.17, 15) is 9.59 Å². The van der Waals surface area contributed by atoms with Crippen LogP contribution in [0.5, 0.6) is 0 Å². The first-order valence-corrected chi connectivity index (χ1v) is 6.45. The minimum atomic E-state index is -1.04. The summed E-state index contributed by atoms with van der Waals surface area (Å²) in [7, 11) is 1.77. The van der Waals surface area contributed by atoms with Crippen molar-refractivity contribution in [2.45, 2.75) is 39.3 Å². The monoisotopic (exact) mass is 283 g/mol. The highest BCUT2D eigenvalue weighted by Gasteiger charge is 2.22. The summed E-state index contributed by atoms with van der Waals surface area (Å²) in [6, 6.07) is -1.80. The molecule has 0 aliphatic carbocycles. The highest BCUT2D eigenvalue weighted by Crippen LogP contribution is 2.08. The van der Waals surface area contributed by atoms with Crippen LogP contribution in [0.15, 0.2) is 6.33 Å². The predicted molar refractivity (Wildman–Crippen MR) is 72.0 cm³/mol. The average Bonchev–Trinajstić information content (AvgIpc) is 2.73. The van der Waals surface area contributed by atoms with Crippen molar-refractivity contribution in [1.29, 1.82) is 0 Å². The van der Waals surface area contributed by atoms with Gasteiger partial charge in [-0.05, 0) is 19.3 Å². The second kappa shape index (κ2) is 6.88. The Bertz CT molecular complexity index is 471. The third-order valence-electron chi connectivity index (χ3n) is 2.79. The van der Waals surface area contributed by atoms with Gasteiger partial charge in [0.05, 0.1) is 6.04 Å². The van der Waals surface area contributed by atoms with Gasteiger partial charge in [-0.2, -0.15) is 0 Å². The fourth-order valence-corrected chi connectivity index (χ4v) is 1.84. The Labute approximate surface area is 117 Å². The van der Waals surface area contributed by atoms with Gasteiger partial charge in [0.2, 0.25) is 0 Å². The number of hydrogen-bond acceptors (Lipinski definition) is 4. The number of rotatable bonds is 6. The fourth-order valence-electron chi connectivity index (χ4n) is 1.84. The van der Waals surface area contributed by atoms with Crippen LogP contribution in [0.25, 0.3) is 0 Å². The Morgan fingerprint density at radius 3 is 2.45 bits per heavy atom. The highest BCUT2D eigenvalue weighted by atomic mass is 16.4. The van der Waals surface area contributed by atoms with E-state index in [1.54, 1.807) is 18.5 Å². The van der Waals surface area contributed by atoms with E-state index in [0.717, 1.165) is 0 Å². The zero-order valence-electron chi connectivity index (χ0n) is 12.1. The van der Waals surface area contributed by atoms with Crippen LogP contribution in [-0.2, 0) is 11.8 Å². The summed E-state index contributed by atoms with van der Waals surface area (Å²) in [6.07, 6.45) is 1.91. The molecule has 1 heterocycles. The smallest absolute Gasteiger partial charge is 0.326 e. The van der Waals surface area contributed by atoms with Gasteiger partial charge in [-0.1, -0.05) is 13.8 Å². The van der Waals surface area contributed by atoms with Crippen LogP contribution in [0.4, 0.5) is 4.79 Å². The van der Waals surface area contributed by atoms with Gasteiger partial charge in [0.25, 0.3) is 0 Å². The lowest BCUT2D eigenvalue weighted by atomic mass is 10.0. The molecule has 0 saturated heterocycles. The zero-order valence-corrected chi connectivity index (χ0v) is 12.1. The number of urea groups is 1. The SMILES string of the molecule is CC(C)C[C@H](NC(=O)NC(C)c1nncn1C)C(=O)O. The third-order valence-corrected chi connectivity index (χ3v) is 2.79. The van der Waals surface area contributed by atoms with Crippen LogP contribution >= 0.6 is 0 Å². The van der Waals surface area contributed by atoms with Crippen molar-refractivity contribution in [2.75, 3.05) is 0 Å². The summed E-state index contributed by atoms with van der Waals surface area (Å²) in [5.74, 6) is -0.274. The lowest BCUT2D eigenvalue weighted by molar-refractivity contribution is -0.139. The average molecular weight is 283 g/mol. The lowest BCUT2D eigenvalue weighted by Crippen LogP contribution is -2.47. The summed E-state index contributed by atoms with van der Waals surface area (Å²) >= 11 is 0. The molecular formula is C12H21N5O3. The summed E-state index contributed by atoms with van der Waals surface area (Å²) in [5.41, 5.74) is 0. The number of hydrogen-bond donors (Lipinski definition) is 3. The number of aliphatic carboxylic acids is 1. The van der Waals surface area contributed by atoms with E-state index in [2.05, 4.69) is 20.8 Å². The molecule has 3 N–H and O–H groups in total. The fraction of sp³-hybridized carbons (Fsp3) is 0.667. The molecule has 0 fully saturated rings. The van der Waals surface area contributed by atoms with E-state index < -0.39 is 18.0 Å². The molecule has 1 rings (SSSR count). The van der Waals surface area contributed by atoms with Crippen molar-refractivity contribution in [1.82, 2.24) is 25.4 Å². The molecule has 1 aromatic heterocycles. The van der Waals surface area contributed by atoms with Crippen molar-refractivity contribution in [3.05, 3.63) is 12.2 Å². The molecule has 0 bridgehead atoms. The van der Waals surface area contributed by atoms with Gasteiger partial charge in [-0.3, -0.25) is 0 Å². The Balaban J connectivity index is 2.57. The zero-order chi connectivity index (χ0) is 15.3. The Hall–Kier alpha value is -2.12. The molecule has 1 aromatic rings. The molecule has 0 aliphatic rings. The number of nitrogens with zero attached hydrogens (tertiary/aromatic N) is 3. The van der Waals surface area contributed by atoms with Crippen molar-refractivity contribution in [2.24, 2.45) is 13.0 Å². The van der Waals surface area contributed by atoms with Gasteiger partial charge in [-0.25, -0.2) is 9.59 Å². The molecule has 0 aromatic carbocycles. The number of aryl methyl sites for hydroxylation is 1. The molecular weight excluding hydrogens is 262 g/mol. The molecule has 8 heteroatoms. The van der Waals surface area contributed by atoms with Gasteiger partial charge < -0.3 is 20.3 Å². The number of aromatic nitrogens is 3. The van der Waals surface area contributed by atoms with Gasteiger partial charge >= 0.3 is 12.0 Å². The van der Waals surface area contributed by atoms with Crippen LogP contribution in [0, 0.1) is 5.92 Å². The number of carboxylic acid groups (broad SMARTS) is 1. The highest BCUT2D eigenvalue weighted by molar-refractivity contribution is 5.82. The van der Waals surface area contributed by atoms with E-state index in [1.165, 1.54) is 6.33 Å². The maximum atomic E-state index is 11.8. The first-order chi connectivity index (χ1) is 9.31. The second-order valence-electron chi connectivity index (χ2n) is 5.16. The minimum Gasteiger partial charge on any atom is -0.480 e. The number of carbonyl (C=O) groups excluding carboxylic acids is 1. The second-order valence-corrected chi connectivity index (χ2v) is 5.16. The molecule has 2 atom stereocenters. The molecule has 20 heavy (non-hydrogen) atoms. The van der Waals surface area contributed by atoms with Crippen LogP contribution < -0.4 is 10.6 Å². The summed E-state index contributed by atoms with van der Waals surface area (Å²) in [6.45, 7) is 5.55.